The second kappa shape index (κ2) is 8.45. The van der Waals surface area contributed by atoms with Crippen molar-refractivity contribution >= 4 is 35.5 Å². The Balaban J connectivity index is 1.73. The average Bonchev–Trinajstić information content (AvgIpc) is 3.22. The summed E-state index contributed by atoms with van der Waals surface area (Å²) >= 11 is 5.79. The summed E-state index contributed by atoms with van der Waals surface area (Å²) in [6.07, 6.45) is 6.53. The number of rotatable bonds is 5. The number of fused-ring (bicyclic) bond motifs is 1. The van der Waals surface area contributed by atoms with Crippen molar-refractivity contribution in [3.63, 3.8) is 0 Å². The molecule has 0 unspecified atom stereocenters. The van der Waals surface area contributed by atoms with Gasteiger partial charge in [-0.15, -0.1) is 11.6 Å². The van der Waals surface area contributed by atoms with Crippen LogP contribution in [0.5, 0.6) is 11.5 Å². The third kappa shape index (κ3) is 3.71. The fourth-order valence-electron chi connectivity index (χ4n) is 4.09. The fraction of sp³-hybridized carbons (Fsp3) is 0.476. The molecule has 1 aromatic rings. The van der Waals surface area contributed by atoms with Crippen LogP contribution < -0.4 is 9.47 Å². The smallest absolute Gasteiger partial charge is 0.334 e. The van der Waals surface area contributed by atoms with Crippen LogP contribution in [0, 0.1) is 0 Å². The molecule has 2 heterocycles. The van der Waals surface area contributed by atoms with Crippen LogP contribution >= 0.6 is 11.6 Å². The van der Waals surface area contributed by atoms with Crippen LogP contribution in [0.25, 0.3) is 6.08 Å². The topological polar surface area (TPSA) is 76.1 Å². The molecule has 0 spiro atoms. The molecular weight excluding hydrogens is 396 g/mol. The van der Waals surface area contributed by atoms with Gasteiger partial charge in [-0.3, -0.25) is 19.4 Å². The van der Waals surface area contributed by atoms with Crippen LogP contribution in [0.1, 0.15) is 44.1 Å². The van der Waals surface area contributed by atoms with Crippen LogP contribution in [-0.2, 0) is 9.59 Å². The Morgan fingerprint density at radius 1 is 1.07 bits per heavy atom. The van der Waals surface area contributed by atoms with E-state index in [9.17, 15) is 14.4 Å². The summed E-state index contributed by atoms with van der Waals surface area (Å²) in [7, 11) is 0. The van der Waals surface area contributed by atoms with Gasteiger partial charge in [-0.05, 0) is 31.4 Å². The van der Waals surface area contributed by atoms with E-state index in [2.05, 4.69) is 0 Å². The van der Waals surface area contributed by atoms with Gasteiger partial charge < -0.3 is 9.47 Å². The number of ether oxygens (including phenoxy) is 2. The molecule has 29 heavy (non-hydrogen) atoms. The number of nitrogens with zero attached hydrogens (tertiary/aromatic N) is 2. The Kier molecular flexibility index (Phi) is 5.76. The van der Waals surface area contributed by atoms with Gasteiger partial charge in [0, 0.05) is 24.0 Å². The van der Waals surface area contributed by atoms with E-state index in [-0.39, 0.29) is 25.0 Å². The van der Waals surface area contributed by atoms with Crippen LogP contribution in [0.3, 0.4) is 0 Å². The van der Waals surface area contributed by atoms with E-state index >= 15 is 0 Å². The summed E-state index contributed by atoms with van der Waals surface area (Å²) in [5.41, 5.74) is 0.542. The molecule has 1 saturated heterocycles. The largest absolute Gasteiger partial charge is 0.454 e. The molecular formula is C21H23ClN2O5. The molecule has 1 aromatic carbocycles. The number of hydrogen-bond acceptors (Lipinski definition) is 5. The minimum atomic E-state index is -0.589. The molecule has 0 aromatic heterocycles. The number of carbonyl (C=O) groups is 3. The van der Waals surface area contributed by atoms with E-state index in [0.29, 0.717) is 29.4 Å². The SMILES string of the molecule is O=C1/C(=C\c2cccc3c2OCO3)C(=O)N(C2CCCCC2)C(=O)N1CCCCl. The molecule has 8 heteroatoms. The van der Waals surface area contributed by atoms with Crippen molar-refractivity contribution in [2.45, 2.75) is 44.6 Å². The van der Waals surface area contributed by atoms with Crippen LogP contribution in [0.15, 0.2) is 23.8 Å². The number of halogens is 1. The lowest BCUT2D eigenvalue weighted by Crippen LogP contribution is -2.59. The maximum absolute atomic E-state index is 13.3. The monoisotopic (exact) mass is 418 g/mol. The molecule has 2 fully saturated rings. The van der Waals surface area contributed by atoms with Crippen molar-refractivity contribution in [3.05, 3.63) is 29.3 Å². The van der Waals surface area contributed by atoms with Crippen molar-refractivity contribution in [2.75, 3.05) is 19.2 Å². The number of para-hydroxylation sites is 1. The first-order chi connectivity index (χ1) is 14.1. The van der Waals surface area contributed by atoms with Gasteiger partial charge in [-0.25, -0.2) is 4.79 Å². The van der Waals surface area contributed by atoms with Crippen molar-refractivity contribution in [3.8, 4) is 11.5 Å². The quantitative estimate of drug-likeness (QED) is 0.415. The van der Waals surface area contributed by atoms with Gasteiger partial charge in [0.15, 0.2) is 11.5 Å². The highest BCUT2D eigenvalue weighted by atomic mass is 35.5. The summed E-state index contributed by atoms with van der Waals surface area (Å²) in [5, 5.41) is 0. The van der Waals surface area contributed by atoms with Gasteiger partial charge in [0.2, 0.25) is 6.79 Å². The second-order valence-electron chi connectivity index (χ2n) is 7.39. The normalized spacial score (nSPS) is 21.4. The van der Waals surface area contributed by atoms with E-state index in [1.165, 1.54) is 11.0 Å². The molecule has 0 atom stereocenters. The van der Waals surface area contributed by atoms with Crippen LogP contribution in [0.2, 0.25) is 0 Å². The first-order valence-electron chi connectivity index (χ1n) is 9.97. The Bertz CT molecular complexity index is 863. The van der Waals surface area contributed by atoms with E-state index in [4.69, 9.17) is 21.1 Å². The van der Waals surface area contributed by atoms with Crippen LogP contribution in [0.4, 0.5) is 4.79 Å². The number of carbonyl (C=O) groups excluding carboxylic acids is 3. The number of amides is 4. The van der Waals surface area contributed by atoms with Crippen molar-refractivity contribution in [2.24, 2.45) is 0 Å². The summed E-state index contributed by atoms with van der Waals surface area (Å²) in [4.78, 5) is 41.8. The van der Waals surface area contributed by atoms with Crippen molar-refractivity contribution < 1.29 is 23.9 Å². The Labute approximate surface area is 174 Å². The molecule has 0 radical (unpaired) electrons. The summed E-state index contributed by atoms with van der Waals surface area (Å²) < 4.78 is 10.9. The van der Waals surface area contributed by atoms with Gasteiger partial charge in [0.1, 0.15) is 5.57 Å². The molecule has 1 aliphatic carbocycles. The number of benzene rings is 1. The summed E-state index contributed by atoms with van der Waals surface area (Å²) in [6, 6.07) is 4.57. The Morgan fingerprint density at radius 3 is 2.62 bits per heavy atom. The molecule has 2 aliphatic heterocycles. The van der Waals surface area contributed by atoms with Gasteiger partial charge >= 0.3 is 6.03 Å². The zero-order valence-electron chi connectivity index (χ0n) is 16.1. The maximum atomic E-state index is 13.3. The molecule has 4 amide bonds. The van der Waals surface area contributed by atoms with Gasteiger partial charge in [0.05, 0.1) is 0 Å². The molecule has 3 aliphatic rings. The lowest BCUT2D eigenvalue weighted by Gasteiger charge is -2.39. The first kappa shape index (κ1) is 19.8. The maximum Gasteiger partial charge on any atom is 0.334 e. The van der Waals surface area contributed by atoms with E-state index in [1.807, 2.05) is 0 Å². The van der Waals surface area contributed by atoms with Gasteiger partial charge in [0.25, 0.3) is 11.8 Å². The first-order valence-corrected chi connectivity index (χ1v) is 10.5. The highest BCUT2D eigenvalue weighted by Crippen LogP contribution is 2.37. The van der Waals surface area contributed by atoms with Crippen LogP contribution in [-0.4, -0.2) is 52.9 Å². The highest BCUT2D eigenvalue weighted by Gasteiger charge is 2.45. The number of imide groups is 2. The zero-order valence-corrected chi connectivity index (χ0v) is 16.8. The third-order valence-electron chi connectivity index (χ3n) is 5.54. The number of barbiturate groups is 1. The van der Waals surface area contributed by atoms with E-state index in [1.54, 1.807) is 18.2 Å². The average molecular weight is 419 g/mol. The molecule has 7 nitrogen and oxygen atoms in total. The lowest BCUT2D eigenvalue weighted by molar-refractivity contribution is -0.137. The Morgan fingerprint density at radius 2 is 1.86 bits per heavy atom. The lowest BCUT2D eigenvalue weighted by atomic mass is 9.92. The Hall–Kier alpha value is -2.54. The summed E-state index contributed by atoms with van der Waals surface area (Å²) in [5.74, 6) is 0.257. The van der Waals surface area contributed by atoms with Crippen molar-refractivity contribution in [1.82, 2.24) is 9.80 Å². The fourth-order valence-corrected chi connectivity index (χ4v) is 4.21. The zero-order chi connectivity index (χ0) is 20.4. The third-order valence-corrected chi connectivity index (χ3v) is 5.81. The van der Waals surface area contributed by atoms with E-state index < -0.39 is 17.8 Å². The number of alkyl halides is 1. The molecule has 1 saturated carbocycles. The minimum Gasteiger partial charge on any atom is -0.454 e. The predicted octanol–water partition coefficient (Wildman–Crippen LogP) is 3.55. The molecule has 0 bridgehead atoms. The standard InChI is InChI=1S/C21H23ClN2O5/c22-10-5-11-23-19(25)16(12-14-6-4-9-17-18(14)29-13-28-17)20(26)24(21(23)27)15-7-2-1-3-8-15/h4,6,9,12,15H,1-3,5,7-8,10-11,13H2/b16-12+. The second-order valence-corrected chi connectivity index (χ2v) is 7.77. The van der Waals surface area contributed by atoms with Gasteiger partial charge in [-0.1, -0.05) is 31.4 Å². The number of hydrogen-bond donors (Lipinski definition) is 0. The van der Waals surface area contributed by atoms with E-state index in [0.717, 1.165) is 37.0 Å². The molecule has 4 rings (SSSR count). The van der Waals surface area contributed by atoms with Crippen molar-refractivity contribution in [1.29, 1.82) is 0 Å². The minimum absolute atomic E-state index is 0.0337. The highest BCUT2D eigenvalue weighted by molar-refractivity contribution is 6.31. The predicted molar refractivity (Wildman–Crippen MR) is 107 cm³/mol. The molecule has 154 valence electrons. The van der Waals surface area contributed by atoms with Gasteiger partial charge in [-0.2, -0.15) is 0 Å². The number of urea groups is 1. The summed E-state index contributed by atoms with van der Waals surface area (Å²) in [6.45, 7) is 0.271. The molecule has 0 N–H and O–H groups in total.